The lowest BCUT2D eigenvalue weighted by atomic mass is 9.69. The van der Waals surface area contributed by atoms with Crippen molar-refractivity contribution in [3.8, 4) is 44.5 Å². The maximum absolute atomic E-state index is 6.93. The Labute approximate surface area is 328 Å². The van der Waals surface area contributed by atoms with Gasteiger partial charge in [0.1, 0.15) is 0 Å². The predicted octanol–water partition coefficient (Wildman–Crippen LogP) is 11.3. The van der Waals surface area contributed by atoms with Gasteiger partial charge in [0.2, 0.25) is 0 Å². The average Bonchev–Trinajstić information content (AvgIpc) is 3.80. The summed E-state index contributed by atoms with van der Waals surface area (Å²) in [5.41, 5.74) is 10.2. The van der Waals surface area contributed by atoms with E-state index >= 15 is 0 Å². The van der Waals surface area contributed by atoms with Crippen molar-refractivity contribution in [2.75, 3.05) is 0 Å². The third kappa shape index (κ3) is 4.05. The van der Waals surface area contributed by atoms with Crippen molar-refractivity contribution in [2.24, 2.45) is 0 Å². The topological polar surface area (TPSA) is 36.9 Å². The molecule has 0 bridgehead atoms. The summed E-state index contributed by atoms with van der Waals surface area (Å²) in [5.74, 6) is 0. The quantitative estimate of drug-likeness (QED) is 0.131. The van der Waals surface area contributed by atoms with Crippen LogP contribution in [0.15, 0.2) is 109 Å². The Balaban J connectivity index is 1.19. The molecule has 0 spiro atoms. The molecule has 56 heavy (non-hydrogen) atoms. The van der Waals surface area contributed by atoms with Crippen molar-refractivity contribution in [3.05, 3.63) is 109 Å². The van der Waals surface area contributed by atoms with E-state index in [2.05, 4.69) is 165 Å². The lowest BCUT2D eigenvalue weighted by Crippen LogP contribution is -2.41. The van der Waals surface area contributed by atoms with Crippen LogP contribution in [0, 0.1) is 0 Å². The van der Waals surface area contributed by atoms with E-state index in [0.717, 1.165) is 21.7 Å². The van der Waals surface area contributed by atoms with Gasteiger partial charge in [0.05, 0.1) is 22.4 Å². The lowest BCUT2D eigenvalue weighted by molar-refractivity contribution is 0.00578. The van der Waals surface area contributed by atoms with Gasteiger partial charge in [0.25, 0.3) is 0 Å². The van der Waals surface area contributed by atoms with Crippen LogP contribution >= 0.6 is 0 Å². The predicted molar refractivity (Wildman–Crippen MR) is 234 cm³/mol. The van der Waals surface area contributed by atoms with E-state index in [1.165, 1.54) is 87.6 Å². The molecule has 2 heterocycles. The van der Waals surface area contributed by atoms with E-state index < -0.39 is 36.6 Å². The smallest absolute Gasteiger partial charge is 0.399 e. The minimum atomic E-state index is -0.530. The molecule has 0 radical (unpaired) electrons. The molecule has 8 aromatic rings. The molecule has 0 aromatic heterocycles. The molecule has 0 atom stereocenters. The van der Waals surface area contributed by atoms with Gasteiger partial charge in [-0.15, -0.1) is 0 Å². The highest BCUT2D eigenvalue weighted by Gasteiger charge is 2.54. The van der Waals surface area contributed by atoms with Gasteiger partial charge in [0, 0.05) is 0 Å². The monoisotopic (exact) mass is 728 g/mol. The first-order valence-electron chi connectivity index (χ1n) is 20.0. The third-order valence-electron chi connectivity index (χ3n) is 14.4. The van der Waals surface area contributed by atoms with Gasteiger partial charge >= 0.3 is 14.2 Å². The molecule has 272 valence electrons. The Morgan fingerprint density at radius 3 is 1.02 bits per heavy atom. The Morgan fingerprint density at radius 2 is 0.661 bits per heavy atom. The van der Waals surface area contributed by atoms with E-state index in [-0.39, 0.29) is 0 Å². The lowest BCUT2D eigenvalue weighted by Gasteiger charge is -2.32. The van der Waals surface area contributed by atoms with Crippen LogP contribution in [0.25, 0.3) is 98.4 Å². The van der Waals surface area contributed by atoms with Gasteiger partial charge in [-0.1, -0.05) is 97.1 Å². The van der Waals surface area contributed by atoms with Crippen LogP contribution in [0.4, 0.5) is 0 Å². The SMILES string of the molecule is CC1(C)OB(c2c3c(cc4c2ccc2c5cc6c(c(B7OC(C)(C)C(C)(C)O7)c5ccc42)-c2cccc4cccc-6c24)-c2cccc4cccc-3c24)OC1(C)C. The third-order valence-corrected chi connectivity index (χ3v) is 14.4. The van der Waals surface area contributed by atoms with Gasteiger partial charge in [-0.05, 0) is 177 Å². The number of benzene rings is 8. The van der Waals surface area contributed by atoms with Crippen LogP contribution in [0.1, 0.15) is 55.4 Å². The summed E-state index contributed by atoms with van der Waals surface area (Å²) in [6.07, 6.45) is 0. The summed E-state index contributed by atoms with van der Waals surface area (Å²) < 4.78 is 27.7. The van der Waals surface area contributed by atoms with E-state index in [0.29, 0.717) is 0 Å². The fraction of sp³-hybridized carbons (Fsp3) is 0.240. The summed E-state index contributed by atoms with van der Waals surface area (Å²) >= 11 is 0. The molecular formula is C50H42B2O4. The van der Waals surface area contributed by atoms with Crippen molar-refractivity contribution in [1.82, 2.24) is 0 Å². The number of hydrogen-bond acceptors (Lipinski definition) is 4. The van der Waals surface area contributed by atoms with Crippen LogP contribution < -0.4 is 10.9 Å². The maximum atomic E-state index is 6.93. The Morgan fingerprint density at radius 1 is 0.339 bits per heavy atom. The van der Waals surface area contributed by atoms with Crippen molar-refractivity contribution in [3.63, 3.8) is 0 Å². The normalized spacial score (nSPS) is 19.3. The average molecular weight is 729 g/mol. The largest absolute Gasteiger partial charge is 0.496 e. The van der Waals surface area contributed by atoms with E-state index in [4.69, 9.17) is 18.6 Å². The second-order valence-corrected chi connectivity index (χ2v) is 18.4. The van der Waals surface area contributed by atoms with Gasteiger partial charge in [-0.3, -0.25) is 0 Å². The molecular weight excluding hydrogens is 686 g/mol. The molecule has 2 aliphatic heterocycles. The molecule has 0 saturated carbocycles. The molecule has 4 aliphatic rings. The minimum Gasteiger partial charge on any atom is -0.399 e. The summed E-state index contributed by atoms with van der Waals surface area (Å²) in [7, 11) is -1.06. The first kappa shape index (κ1) is 33.2. The van der Waals surface area contributed by atoms with Gasteiger partial charge in [-0.2, -0.15) is 0 Å². The number of rotatable bonds is 2. The zero-order valence-corrected chi connectivity index (χ0v) is 33.2. The van der Waals surface area contributed by atoms with Crippen molar-refractivity contribution in [1.29, 1.82) is 0 Å². The maximum Gasteiger partial charge on any atom is 0.496 e. The van der Waals surface area contributed by atoms with E-state index in [9.17, 15) is 0 Å². The van der Waals surface area contributed by atoms with Gasteiger partial charge in [0.15, 0.2) is 0 Å². The summed E-state index contributed by atoms with van der Waals surface area (Å²) in [4.78, 5) is 0. The zero-order valence-electron chi connectivity index (χ0n) is 33.2. The molecule has 8 aromatic carbocycles. The molecule has 0 amide bonds. The molecule has 6 heteroatoms. The van der Waals surface area contributed by atoms with Gasteiger partial charge in [-0.25, -0.2) is 0 Å². The Kier molecular flexibility index (Phi) is 6.22. The van der Waals surface area contributed by atoms with Crippen LogP contribution in [0.3, 0.4) is 0 Å². The molecule has 2 saturated heterocycles. The number of fused-ring (bicyclic) bond motifs is 11. The first-order chi connectivity index (χ1) is 26.7. The molecule has 0 unspecified atom stereocenters. The summed E-state index contributed by atoms with van der Waals surface area (Å²) in [5, 5.41) is 12.2. The summed E-state index contributed by atoms with van der Waals surface area (Å²) in [6, 6.07) is 40.8. The highest BCUT2D eigenvalue weighted by Crippen LogP contribution is 2.52. The zero-order chi connectivity index (χ0) is 38.3. The van der Waals surface area contributed by atoms with Crippen molar-refractivity contribution in [2.45, 2.75) is 77.8 Å². The molecule has 4 nitrogen and oxygen atoms in total. The first-order valence-corrected chi connectivity index (χ1v) is 20.0. The van der Waals surface area contributed by atoms with Crippen molar-refractivity contribution >= 4 is 79.0 Å². The second-order valence-electron chi connectivity index (χ2n) is 18.4. The molecule has 2 aliphatic carbocycles. The van der Waals surface area contributed by atoms with Crippen molar-refractivity contribution < 1.29 is 18.6 Å². The molecule has 0 N–H and O–H groups in total. The number of hydrogen-bond donors (Lipinski definition) is 0. The van der Waals surface area contributed by atoms with E-state index in [1.807, 2.05) is 0 Å². The fourth-order valence-electron chi connectivity index (χ4n) is 10.2. The Hall–Kier alpha value is -4.97. The fourth-order valence-corrected chi connectivity index (χ4v) is 10.2. The molecule has 12 rings (SSSR count). The van der Waals surface area contributed by atoms with E-state index in [1.54, 1.807) is 0 Å². The van der Waals surface area contributed by atoms with Crippen LogP contribution in [-0.4, -0.2) is 36.6 Å². The highest BCUT2D eigenvalue weighted by atomic mass is 16.7. The highest BCUT2D eigenvalue weighted by molar-refractivity contribution is 6.69. The van der Waals surface area contributed by atoms with Crippen LogP contribution in [0.5, 0.6) is 0 Å². The summed E-state index contributed by atoms with van der Waals surface area (Å²) in [6.45, 7) is 17.1. The standard InChI is InChI=1S/C50H42B2O4/c1-47(2)48(3,4)54-51(53-47)45-33-23-21-30-29(37(33)25-39-31-17-9-13-27-15-11-19-35(41(27)31)43(39)45)22-24-34-38(30)26-40-32-18-10-14-28-16-12-20-36(42(28)32)44(40)46(34)52-55-49(5,6)50(7,8)56-52/h9-26H,1-8H3. The Bertz CT molecular complexity index is 2870. The van der Waals surface area contributed by atoms with Crippen LogP contribution in [0.2, 0.25) is 0 Å². The van der Waals surface area contributed by atoms with Gasteiger partial charge < -0.3 is 18.6 Å². The molecule has 2 fully saturated rings. The second kappa shape index (κ2) is 10.5. The minimum absolute atomic E-state index is 0.484. The van der Waals surface area contributed by atoms with Crippen LogP contribution in [-0.2, 0) is 18.6 Å².